The molecule has 0 bridgehead atoms. The maximum absolute atomic E-state index is 12.2. The molecule has 0 atom stereocenters. The second-order valence-electron chi connectivity index (χ2n) is 5.26. The molecule has 1 aromatic heterocycles. The number of carbonyl (C=O) groups is 1. The average molecular weight is 310 g/mol. The number of amides is 1. The van der Waals surface area contributed by atoms with Gasteiger partial charge in [-0.05, 0) is 32.6 Å². The first-order chi connectivity index (χ1) is 10.5. The van der Waals surface area contributed by atoms with E-state index >= 15 is 0 Å². The largest absolute Gasteiger partial charge is 0.488 e. The molecule has 0 saturated heterocycles. The van der Waals surface area contributed by atoms with Crippen LogP contribution in [-0.4, -0.2) is 55.7 Å². The SMILES string of the molecule is CN(C)CCCOc1cccn(CCC(=O)NCCN)c1=O. The third-order valence-corrected chi connectivity index (χ3v) is 3.04. The van der Waals surface area contributed by atoms with Crippen molar-refractivity contribution in [2.24, 2.45) is 5.73 Å². The number of aryl methyl sites for hydroxylation is 1. The van der Waals surface area contributed by atoms with Gasteiger partial charge >= 0.3 is 0 Å². The van der Waals surface area contributed by atoms with E-state index < -0.39 is 0 Å². The monoisotopic (exact) mass is 310 g/mol. The van der Waals surface area contributed by atoms with Crippen molar-refractivity contribution in [1.82, 2.24) is 14.8 Å². The Labute approximate surface area is 131 Å². The van der Waals surface area contributed by atoms with Gasteiger partial charge in [0.15, 0.2) is 5.75 Å². The Balaban J connectivity index is 2.50. The molecule has 1 aromatic rings. The van der Waals surface area contributed by atoms with Crippen molar-refractivity contribution in [3.63, 3.8) is 0 Å². The van der Waals surface area contributed by atoms with Gasteiger partial charge in [0.25, 0.3) is 5.56 Å². The van der Waals surface area contributed by atoms with Gasteiger partial charge in [0, 0.05) is 38.8 Å². The molecule has 0 unspecified atom stereocenters. The van der Waals surface area contributed by atoms with Gasteiger partial charge in [0.1, 0.15) is 0 Å². The van der Waals surface area contributed by atoms with E-state index in [1.54, 1.807) is 18.3 Å². The predicted molar refractivity (Wildman–Crippen MR) is 86.0 cm³/mol. The van der Waals surface area contributed by atoms with Crippen molar-refractivity contribution in [2.45, 2.75) is 19.4 Å². The van der Waals surface area contributed by atoms with Crippen LogP contribution in [0.4, 0.5) is 0 Å². The van der Waals surface area contributed by atoms with Crippen LogP contribution in [0.5, 0.6) is 5.75 Å². The summed E-state index contributed by atoms with van der Waals surface area (Å²) in [6, 6.07) is 3.41. The fourth-order valence-corrected chi connectivity index (χ4v) is 1.89. The lowest BCUT2D eigenvalue weighted by Crippen LogP contribution is -2.31. The Morgan fingerprint density at radius 3 is 2.91 bits per heavy atom. The summed E-state index contributed by atoms with van der Waals surface area (Å²) in [4.78, 5) is 25.8. The topological polar surface area (TPSA) is 89.6 Å². The van der Waals surface area contributed by atoms with Gasteiger partial charge in [0.05, 0.1) is 6.61 Å². The predicted octanol–water partition coefficient (Wildman–Crippen LogP) is -0.356. The van der Waals surface area contributed by atoms with Crippen LogP contribution in [0.2, 0.25) is 0 Å². The minimum absolute atomic E-state index is 0.116. The van der Waals surface area contributed by atoms with Crippen LogP contribution in [-0.2, 0) is 11.3 Å². The fraction of sp³-hybridized carbons (Fsp3) is 0.600. The highest BCUT2D eigenvalue weighted by Crippen LogP contribution is 2.03. The number of hydrogen-bond acceptors (Lipinski definition) is 5. The molecule has 0 aliphatic heterocycles. The lowest BCUT2D eigenvalue weighted by Gasteiger charge is -2.11. The van der Waals surface area contributed by atoms with Crippen molar-refractivity contribution in [1.29, 1.82) is 0 Å². The molecule has 0 radical (unpaired) electrons. The van der Waals surface area contributed by atoms with E-state index in [0.717, 1.165) is 13.0 Å². The van der Waals surface area contributed by atoms with E-state index in [1.807, 2.05) is 14.1 Å². The van der Waals surface area contributed by atoms with E-state index in [-0.39, 0.29) is 17.9 Å². The lowest BCUT2D eigenvalue weighted by molar-refractivity contribution is -0.121. The van der Waals surface area contributed by atoms with Crippen molar-refractivity contribution in [2.75, 3.05) is 40.3 Å². The summed E-state index contributed by atoms with van der Waals surface area (Å²) >= 11 is 0. The Morgan fingerprint density at radius 2 is 2.23 bits per heavy atom. The number of carbonyl (C=O) groups excluding carboxylic acids is 1. The highest BCUT2D eigenvalue weighted by Gasteiger charge is 2.06. The second kappa shape index (κ2) is 9.97. The molecule has 0 saturated carbocycles. The number of nitrogens with two attached hydrogens (primary N) is 1. The van der Waals surface area contributed by atoms with E-state index in [2.05, 4.69) is 10.2 Å². The van der Waals surface area contributed by atoms with Crippen LogP contribution in [0, 0.1) is 0 Å². The third kappa shape index (κ3) is 6.73. The highest BCUT2D eigenvalue weighted by atomic mass is 16.5. The number of aromatic nitrogens is 1. The number of ether oxygens (including phenoxy) is 1. The van der Waals surface area contributed by atoms with Gasteiger partial charge in [0.2, 0.25) is 5.91 Å². The van der Waals surface area contributed by atoms with Crippen molar-refractivity contribution in [3.05, 3.63) is 28.7 Å². The molecule has 1 heterocycles. The zero-order valence-corrected chi connectivity index (χ0v) is 13.4. The number of hydrogen-bond donors (Lipinski definition) is 2. The lowest BCUT2D eigenvalue weighted by atomic mass is 10.3. The maximum Gasteiger partial charge on any atom is 0.292 e. The van der Waals surface area contributed by atoms with E-state index in [1.165, 1.54) is 4.57 Å². The van der Waals surface area contributed by atoms with Gasteiger partial charge in [-0.2, -0.15) is 0 Å². The van der Waals surface area contributed by atoms with Crippen molar-refractivity contribution >= 4 is 5.91 Å². The summed E-state index contributed by atoms with van der Waals surface area (Å²) in [7, 11) is 3.98. The molecule has 7 nitrogen and oxygen atoms in total. The summed E-state index contributed by atoms with van der Waals surface area (Å²) in [5, 5.41) is 2.67. The van der Waals surface area contributed by atoms with Gasteiger partial charge in [-0.1, -0.05) is 0 Å². The molecule has 0 aliphatic carbocycles. The summed E-state index contributed by atoms with van der Waals surface area (Å²) < 4.78 is 7.01. The van der Waals surface area contributed by atoms with Gasteiger partial charge in [-0.3, -0.25) is 9.59 Å². The summed E-state index contributed by atoms with van der Waals surface area (Å²) in [5.74, 6) is 0.207. The first-order valence-electron chi connectivity index (χ1n) is 7.48. The minimum atomic E-state index is -0.209. The van der Waals surface area contributed by atoms with E-state index in [0.29, 0.717) is 32.0 Å². The summed E-state index contributed by atoms with van der Waals surface area (Å²) in [6.45, 7) is 2.58. The number of nitrogens with zero attached hydrogens (tertiary/aromatic N) is 2. The standard InChI is InChI=1S/C15H26N4O3/c1-18(2)9-4-12-22-13-5-3-10-19(15(13)21)11-6-14(20)17-8-7-16/h3,5,10H,4,6-9,11-12,16H2,1-2H3,(H,17,20). The molecule has 3 N–H and O–H groups in total. The molecule has 0 fully saturated rings. The molecular weight excluding hydrogens is 284 g/mol. The Hall–Kier alpha value is -1.86. The number of nitrogens with one attached hydrogen (secondary N) is 1. The first kappa shape index (κ1) is 18.2. The summed E-state index contributed by atoms with van der Waals surface area (Å²) in [6.07, 6.45) is 2.75. The van der Waals surface area contributed by atoms with Crippen LogP contribution in [0.15, 0.2) is 23.1 Å². The highest BCUT2D eigenvalue weighted by molar-refractivity contribution is 5.75. The summed E-state index contributed by atoms with van der Waals surface area (Å²) in [5.41, 5.74) is 5.11. The Kier molecular flexibility index (Phi) is 8.24. The zero-order valence-electron chi connectivity index (χ0n) is 13.4. The van der Waals surface area contributed by atoms with Crippen LogP contribution in [0.1, 0.15) is 12.8 Å². The number of pyridine rings is 1. The average Bonchev–Trinajstić information content (AvgIpc) is 2.49. The second-order valence-corrected chi connectivity index (χ2v) is 5.26. The minimum Gasteiger partial charge on any atom is -0.488 e. The molecule has 0 aliphatic rings. The fourth-order valence-electron chi connectivity index (χ4n) is 1.89. The molecule has 0 spiro atoms. The molecule has 1 rings (SSSR count). The molecule has 22 heavy (non-hydrogen) atoms. The van der Waals surface area contributed by atoms with E-state index in [9.17, 15) is 9.59 Å². The molecule has 1 amide bonds. The molecule has 0 aromatic carbocycles. The zero-order chi connectivity index (χ0) is 16.4. The van der Waals surface area contributed by atoms with E-state index in [4.69, 9.17) is 10.5 Å². The Morgan fingerprint density at radius 1 is 1.45 bits per heavy atom. The van der Waals surface area contributed by atoms with Crippen LogP contribution in [0.3, 0.4) is 0 Å². The van der Waals surface area contributed by atoms with Crippen molar-refractivity contribution in [3.8, 4) is 5.75 Å². The quantitative estimate of drug-likeness (QED) is 0.576. The third-order valence-electron chi connectivity index (χ3n) is 3.04. The maximum atomic E-state index is 12.2. The molecule has 124 valence electrons. The molecule has 7 heteroatoms. The number of rotatable bonds is 10. The van der Waals surface area contributed by atoms with Crippen LogP contribution < -0.4 is 21.3 Å². The van der Waals surface area contributed by atoms with Gasteiger partial charge < -0.3 is 25.3 Å². The van der Waals surface area contributed by atoms with Gasteiger partial charge in [-0.15, -0.1) is 0 Å². The smallest absolute Gasteiger partial charge is 0.292 e. The normalized spacial score (nSPS) is 10.7. The van der Waals surface area contributed by atoms with Crippen LogP contribution >= 0.6 is 0 Å². The van der Waals surface area contributed by atoms with Crippen LogP contribution in [0.25, 0.3) is 0 Å². The van der Waals surface area contributed by atoms with Gasteiger partial charge in [-0.25, -0.2) is 0 Å². The Bertz CT molecular complexity index is 514. The van der Waals surface area contributed by atoms with Crippen molar-refractivity contribution < 1.29 is 9.53 Å². The first-order valence-corrected chi connectivity index (χ1v) is 7.48. The molecular formula is C15H26N4O3.